The molecule has 6 atom stereocenters. The van der Waals surface area contributed by atoms with E-state index < -0.39 is 0 Å². The molecule has 0 N–H and O–H groups in total. The molecule has 0 radical (unpaired) electrons. The number of nitrogens with zero attached hydrogens (tertiary/aromatic N) is 1. The molecule has 2 nitrogen and oxygen atoms in total. The smallest absolute Gasteiger partial charge is 0.0739 e. The highest BCUT2D eigenvalue weighted by Crippen LogP contribution is 2.67. The van der Waals surface area contributed by atoms with Crippen LogP contribution in [-0.2, 0) is 4.74 Å². The van der Waals surface area contributed by atoms with Crippen molar-refractivity contribution in [1.82, 2.24) is 4.90 Å². The second kappa shape index (κ2) is 6.12. The van der Waals surface area contributed by atoms with E-state index in [1.165, 1.54) is 83.7 Å². The number of hydrogen-bond donors (Lipinski definition) is 0. The summed E-state index contributed by atoms with van der Waals surface area (Å²) in [6, 6.07) is 0. The molecule has 0 aromatic rings. The Bertz CT molecular complexity index is 666. The molecule has 6 rings (SSSR count). The maximum Gasteiger partial charge on any atom is 0.0739 e. The van der Waals surface area contributed by atoms with Crippen molar-refractivity contribution < 1.29 is 4.74 Å². The lowest BCUT2D eigenvalue weighted by Gasteiger charge is -2.55. The van der Waals surface area contributed by atoms with Crippen LogP contribution in [0.2, 0.25) is 0 Å². The zero-order chi connectivity index (χ0) is 18.1. The van der Waals surface area contributed by atoms with Crippen molar-refractivity contribution in [2.75, 3.05) is 19.7 Å². The predicted octanol–water partition coefficient (Wildman–Crippen LogP) is 5.70. The number of allylic oxidation sites excluding steroid dienone is 4. The van der Waals surface area contributed by atoms with Crippen LogP contribution in [0.1, 0.15) is 77.6 Å². The van der Waals surface area contributed by atoms with Crippen LogP contribution < -0.4 is 0 Å². The zero-order valence-electron chi connectivity index (χ0n) is 17.2. The van der Waals surface area contributed by atoms with E-state index in [1.807, 2.05) is 0 Å². The van der Waals surface area contributed by atoms with Crippen LogP contribution in [-0.4, -0.2) is 30.2 Å². The quantitative estimate of drug-likeness (QED) is 0.589. The van der Waals surface area contributed by atoms with Crippen LogP contribution in [0, 0.1) is 29.1 Å². The summed E-state index contributed by atoms with van der Waals surface area (Å²) in [6.07, 6.45) is 20.5. The summed E-state index contributed by atoms with van der Waals surface area (Å²) in [7, 11) is 0. The third kappa shape index (κ3) is 2.35. The summed E-state index contributed by atoms with van der Waals surface area (Å²) in [6.45, 7) is 6.25. The third-order valence-electron chi connectivity index (χ3n) is 10.0. The summed E-state index contributed by atoms with van der Waals surface area (Å²) in [4.78, 5) is 2.68. The van der Waals surface area contributed by atoms with Crippen molar-refractivity contribution in [2.45, 2.75) is 83.2 Å². The molecule has 4 fully saturated rings. The van der Waals surface area contributed by atoms with Gasteiger partial charge in [0.1, 0.15) is 0 Å². The lowest BCUT2D eigenvalue weighted by Crippen LogP contribution is -2.52. The average Bonchev–Trinajstić information content (AvgIpc) is 3.43. The van der Waals surface area contributed by atoms with Gasteiger partial charge in [-0.05, 0) is 111 Å². The molecule has 0 aromatic carbocycles. The van der Waals surface area contributed by atoms with Crippen molar-refractivity contribution >= 4 is 0 Å². The minimum atomic E-state index is 0.252. The highest BCUT2D eigenvalue weighted by atomic mass is 16.5. The molecule has 2 heterocycles. The molecule has 6 aliphatic rings. The topological polar surface area (TPSA) is 12.5 Å². The zero-order valence-corrected chi connectivity index (χ0v) is 17.2. The van der Waals surface area contributed by atoms with E-state index in [-0.39, 0.29) is 5.60 Å². The number of fused-ring (bicyclic) bond motifs is 6. The molecule has 2 aliphatic heterocycles. The fourth-order valence-electron chi connectivity index (χ4n) is 8.63. The molecule has 2 heteroatoms. The third-order valence-corrected chi connectivity index (χ3v) is 10.0. The molecule has 4 aliphatic carbocycles. The molecule has 1 spiro atoms. The van der Waals surface area contributed by atoms with Gasteiger partial charge in [0, 0.05) is 25.4 Å². The standard InChI is InChI=1S/C25H37NO/c1-24-12-9-21-20-8-6-19(26-14-2-3-15-26)17-18(20)5-7-22(21)23(24)10-13-25(24)11-4-16-27-25/h5,17,20-23H,2-4,6-16H2,1H3/t20-,21?,22?,23?,24-,25-/m0/s1. The maximum absolute atomic E-state index is 6.50. The molecule has 0 amide bonds. The lowest BCUT2D eigenvalue weighted by molar-refractivity contribution is -0.123. The number of ether oxygens (including phenoxy) is 1. The van der Waals surface area contributed by atoms with Gasteiger partial charge in [0.25, 0.3) is 0 Å². The first kappa shape index (κ1) is 17.1. The van der Waals surface area contributed by atoms with Crippen LogP contribution in [0.15, 0.2) is 23.4 Å². The van der Waals surface area contributed by atoms with Gasteiger partial charge in [-0.15, -0.1) is 0 Å². The fourth-order valence-corrected chi connectivity index (χ4v) is 8.63. The molecular weight excluding hydrogens is 330 g/mol. The monoisotopic (exact) mass is 367 g/mol. The fraction of sp³-hybridized carbons (Fsp3) is 0.840. The number of rotatable bonds is 1. The van der Waals surface area contributed by atoms with Crippen LogP contribution in [0.3, 0.4) is 0 Å². The Morgan fingerprint density at radius 1 is 1.00 bits per heavy atom. The molecule has 148 valence electrons. The molecule has 0 aromatic heterocycles. The van der Waals surface area contributed by atoms with Crippen molar-refractivity contribution in [1.29, 1.82) is 0 Å². The lowest BCUT2D eigenvalue weighted by atomic mass is 9.51. The van der Waals surface area contributed by atoms with Gasteiger partial charge in [0.15, 0.2) is 0 Å². The molecule has 0 bridgehead atoms. The van der Waals surface area contributed by atoms with E-state index in [0.717, 1.165) is 30.3 Å². The van der Waals surface area contributed by atoms with Gasteiger partial charge in [-0.1, -0.05) is 13.0 Å². The predicted molar refractivity (Wildman–Crippen MR) is 109 cm³/mol. The first-order valence-electron chi connectivity index (χ1n) is 12.0. The van der Waals surface area contributed by atoms with Crippen molar-refractivity contribution in [3.8, 4) is 0 Å². The van der Waals surface area contributed by atoms with Crippen LogP contribution in [0.25, 0.3) is 0 Å². The second-order valence-electron chi connectivity index (χ2n) is 10.8. The SMILES string of the molecule is C[C@]12CCC3C(CC=C4C=C(N5CCCC5)CC[C@@H]43)C1CC[C@@]21CCCO1. The summed E-state index contributed by atoms with van der Waals surface area (Å²) < 4.78 is 6.50. The van der Waals surface area contributed by atoms with Gasteiger partial charge in [0.2, 0.25) is 0 Å². The van der Waals surface area contributed by atoms with Gasteiger partial charge >= 0.3 is 0 Å². The summed E-state index contributed by atoms with van der Waals surface area (Å²) in [5, 5.41) is 0. The molecule has 3 unspecified atom stereocenters. The minimum absolute atomic E-state index is 0.252. The van der Waals surface area contributed by atoms with Gasteiger partial charge in [-0.3, -0.25) is 0 Å². The van der Waals surface area contributed by atoms with Gasteiger partial charge < -0.3 is 9.64 Å². The first-order valence-corrected chi connectivity index (χ1v) is 12.0. The van der Waals surface area contributed by atoms with Crippen molar-refractivity contribution in [3.05, 3.63) is 23.4 Å². The minimum Gasteiger partial charge on any atom is -0.375 e. The van der Waals surface area contributed by atoms with E-state index in [1.54, 1.807) is 11.3 Å². The Balaban J connectivity index is 1.27. The Kier molecular flexibility index (Phi) is 3.88. The summed E-state index contributed by atoms with van der Waals surface area (Å²) >= 11 is 0. The van der Waals surface area contributed by atoms with Gasteiger partial charge in [-0.25, -0.2) is 0 Å². The van der Waals surface area contributed by atoms with Crippen molar-refractivity contribution in [2.24, 2.45) is 29.1 Å². The van der Waals surface area contributed by atoms with Crippen LogP contribution >= 0.6 is 0 Å². The van der Waals surface area contributed by atoms with Gasteiger partial charge in [-0.2, -0.15) is 0 Å². The molecule has 2 saturated heterocycles. The molecule has 27 heavy (non-hydrogen) atoms. The highest BCUT2D eigenvalue weighted by Gasteiger charge is 2.63. The summed E-state index contributed by atoms with van der Waals surface area (Å²) in [5.41, 5.74) is 4.09. The van der Waals surface area contributed by atoms with Crippen molar-refractivity contribution in [3.63, 3.8) is 0 Å². The maximum atomic E-state index is 6.50. The molecular formula is C25H37NO. The Labute approximate surface area is 165 Å². The van der Waals surface area contributed by atoms with E-state index in [2.05, 4.69) is 24.0 Å². The Hall–Kier alpha value is -0.760. The van der Waals surface area contributed by atoms with Crippen LogP contribution in [0.5, 0.6) is 0 Å². The van der Waals surface area contributed by atoms with Gasteiger partial charge in [0.05, 0.1) is 5.60 Å². The van der Waals surface area contributed by atoms with E-state index in [0.29, 0.717) is 5.41 Å². The Morgan fingerprint density at radius 2 is 1.89 bits per heavy atom. The van der Waals surface area contributed by atoms with E-state index in [4.69, 9.17) is 4.74 Å². The first-order chi connectivity index (χ1) is 13.2. The van der Waals surface area contributed by atoms with E-state index >= 15 is 0 Å². The normalized spacial score (nSPS) is 48.9. The molecule has 2 saturated carbocycles. The van der Waals surface area contributed by atoms with Crippen LogP contribution in [0.4, 0.5) is 0 Å². The largest absolute Gasteiger partial charge is 0.375 e. The van der Waals surface area contributed by atoms with E-state index in [9.17, 15) is 0 Å². The number of likely N-dealkylation sites (tertiary alicyclic amines) is 1. The highest BCUT2D eigenvalue weighted by molar-refractivity contribution is 5.33. The second-order valence-corrected chi connectivity index (χ2v) is 10.8. The summed E-state index contributed by atoms with van der Waals surface area (Å²) in [5.74, 6) is 3.66. The number of hydrogen-bond acceptors (Lipinski definition) is 2. The Morgan fingerprint density at radius 3 is 2.70 bits per heavy atom. The average molecular weight is 368 g/mol.